The number of urea groups is 1. The summed E-state index contributed by atoms with van der Waals surface area (Å²) in [6, 6.07) is 17.6. The van der Waals surface area contributed by atoms with Gasteiger partial charge in [-0.3, -0.25) is 10.1 Å². The van der Waals surface area contributed by atoms with Crippen molar-refractivity contribution in [2.75, 3.05) is 10.6 Å². The van der Waals surface area contributed by atoms with Gasteiger partial charge in [0.25, 0.3) is 0 Å². The summed E-state index contributed by atoms with van der Waals surface area (Å²) in [5, 5.41) is 21.7. The molecule has 7 nitrogen and oxygen atoms in total. The molecule has 0 fully saturated rings. The van der Waals surface area contributed by atoms with E-state index in [9.17, 15) is 9.59 Å². The Balaban J connectivity index is 1.63. The number of hydrogen-bond donors (Lipinski definition) is 3. The van der Waals surface area contributed by atoms with E-state index >= 15 is 0 Å². The van der Waals surface area contributed by atoms with Crippen LogP contribution in [-0.2, 0) is 11.2 Å². The minimum absolute atomic E-state index is 0.0649. The molecule has 3 N–H and O–H groups in total. The molecule has 0 spiro atoms. The Kier molecular flexibility index (Phi) is 6.25. The van der Waals surface area contributed by atoms with E-state index in [1.54, 1.807) is 52.4 Å². The number of anilines is 2. The number of aryl methyl sites for hydroxylation is 1. The van der Waals surface area contributed by atoms with Gasteiger partial charge in [-0.2, -0.15) is 5.10 Å². The highest BCUT2D eigenvalue weighted by Crippen LogP contribution is 2.29. The lowest BCUT2D eigenvalue weighted by Gasteiger charge is -2.12. The SMILES string of the molecule is Cc1cccc(NC(=O)Nc2cc(-c3cccs3)nn2-c2ccc(CC(=O)O)cc2)c1Cl. The van der Waals surface area contributed by atoms with Gasteiger partial charge in [-0.15, -0.1) is 11.3 Å². The molecule has 32 heavy (non-hydrogen) atoms. The molecule has 0 aliphatic rings. The van der Waals surface area contributed by atoms with Crippen molar-refractivity contribution in [3.8, 4) is 16.3 Å². The van der Waals surface area contributed by atoms with E-state index < -0.39 is 12.0 Å². The van der Waals surface area contributed by atoms with E-state index in [1.165, 1.54) is 0 Å². The summed E-state index contributed by atoms with van der Waals surface area (Å²) in [4.78, 5) is 24.6. The zero-order chi connectivity index (χ0) is 22.7. The van der Waals surface area contributed by atoms with Crippen LogP contribution in [0.1, 0.15) is 11.1 Å². The number of carboxylic acid groups (broad SMARTS) is 1. The number of thiophene rings is 1. The quantitative estimate of drug-likeness (QED) is 0.333. The lowest BCUT2D eigenvalue weighted by atomic mass is 10.1. The molecule has 4 aromatic rings. The molecular formula is C23H19ClN4O3S. The molecular weight excluding hydrogens is 448 g/mol. The Morgan fingerprint density at radius 2 is 1.88 bits per heavy atom. The number of carboxylic acids is 1. The third kappa shape index (κ3) is 4.82. The Labute approximate surface area is 193 Å². The summed E-state index contributed by atoms with van der Waals surface area (Å²) >= 11 is 7.83. The van der Waals surface area contributed by atoms with Crippen molar-refractivity contribution in [3.05, 3.63) is 82.2 Å². The first-order chi connectivity index (χ1) is 15.4. The third-order valence-electron chi connectivity index (χ3n) is 4.70. The topological polar surface area (TPSA) is 96.3 Å². The summed E-state index contributed by atoms with van der Waals surface area (Å²) in [7, 11) is 0. The predicted molar refractivity (Wildman–Crippen MR) is 127 cm³/mol. The molecule has 2 amide bonds. The first-order valence-electron chi connectivity index (χ1n) is 9.69. The smallest absolute Gasteiger partial charge is 0.324 e. The van der Waals surface area contributed by atoms with Crippen LogP contribution in [0.15, 0.2) is 66.0 Å². The highest BCUT2D eigenvalue weighted by Gasteiger charge is 2.16. The molecule has 162 valence electrons. The van der Waals surface area contributed by atoms with Crippen molar-refractivity contribution in [2.24, 2.45) is 0 Å². The normalized spacial score (nSPS) is 10.7. The fourth-order valence-electron chi connectivity index (χ4n) is 3.16. The van der Waals surface area contributed by atoms with E-state index in [-0.39, 0.29) is 6.42 Å². The van der Waals surface area contributed by atoms with Crippen LogP contribution in [0, 0.1) is 6.92 Å². The molecule has 2 heterocycles. The summed E-state index contributed by atoms with van der Waals surface area (Å²) in [5.74, 6) is -0.439. The second kappa shape index (κ2) is 9.25. The van der Waals surface area contributed by atoms with Crippen molar-refractivity contribution in [2.45, 2.75) is 13.3 Å². The summed E-state index contributed by atoms with van der Waals surface area (Å²) in [6.45, 7) is 1.86. The molecule has 0 saturated heterocycles. The van der Waals surface area contributed by atoms with Gasteiger partial charge in [-0.1, -0.05) is 41.9 Å². The fourth-order valence-corrected chi connectivity index (χ4v) is 4.01. The number of carbonyl (C=O) groups is 2. The lowest BCUT2D eigenvalue weighted by molar-refractivity contribution is -0.136. The highest BCUT2D eigenvalue weighted by molar-refractivity contribution is 7.13. The number of halogens is 1. The van der Waals surface area contributed by atoms with Gasteiger partial charge >= 0.3 is 12.0 Å². The van der Waals surface area contributed by atoms with Gasteiger partial charge in [0.05, 0.1) is 27.7 Å². The van der Waals surface area contributed by atoms with E-state index in [0.717, 1.165) is 10.4 Å². The molecule has 0 saturated carbocycles. The average molecular weight is 467 g/mol. The number of hydrogen-bond acceptors (Lipinski definition) is 4. The highest BCUT2D eigenvalue weighted by atomic mass is 35.5. The van der Waals surface area contributed by atoms with Crippen LogP contribution in [0.3, 0.4) is 0 Å². The minimum Gasteiger partial charge on any atom is -0.481 e. The average Bonchev–Trinajstić information content (AvgIpc) is 3.42. The van der Waals surface area contributed by atoms with E-state index in [1.807, 2.05) is 36.6 Å². The van der Waals surface area contributed by atoms with Crippen LogP contribution in [0.2, 0.25) is 5.02 Å². The molecule has 0 aliphatic carbocycles. The van der Waals surface area contributed by atoms with Crippen molar-refractivity contribution in [1.29, 1.82) is 0 Å². The van der Waals surface area contributed by atoms with E-state index in [2.05, 4.69) is 15.7 Å². The number of benzene rings is 2. The maximum Gasteiger partial charge on any atom is 0.324 e. The number of nitrogens with zero attached hydrogens (tertiary/aromatic N) is 2. The van der Waals surface area contributed by atoms with Gasteiger partial charge < -0.3 is 10.4 Å². The minimum atomic E-state index is -0.898. The van der Waals surface area contributed by atoms with E-state index in [0.29, 0.717) is 33.5 Å². The molecule has 2 aromatic carbocycles. The molecule has 0 unspecified atom stereocenters. The van der Waals surface area contributed by atoms with Gasteiger partial charge in [0.15, 0.2) is 0 Å². The molecule has 0 atom stereocenters. The van der Waals surface area contributed by atoms with Crippen molar-refractivity contribution >= 4 is 46.4 Å². The molecule has 0 radical (unpaired) electrons. The Bertz CT molecular complexity index is 1270. The fraction of sp³-hybridized carbons (Fsp3) is 0.0870. The molecule has 4 rings (SSSR count). The maximum atomic E-state index is 12.7. The number of carbonyl (C=O) groups excluding carboxylic acids is 1. The third-order valence-corrected chi connectivity index (χ3v) is 6.09. The van der Waals surface area contributed by atoms with Crippen LogP contribution in [-0.4, -0.2) is 26.9 Å². The number of nitrogens with one attached hydrogen (secondary N) is 2. The van der Waals surface area contributed by atoms with Gasteiger partial charge in [0.1, 0.15) is 11.5 Å². The number of amides is 2. The standard InChI is InChI=1S/C23H19ClN4O3S/c1-14-4-2-5-17(22(14)24)25-23(31)26-20-13-18(19-6-3-11-32-19)27-28(20)16-9-7-15(8-10-16)12-21(29)30/h2-11,13H,12H2,1H3,(H,29,30)(H2,25,26,31). The maximum absolute atomic E-state index is 12.7. The zero-order valence-electron chi connectivity index (χ0n) is 17.0. The number of aliphatic carboxylic acids is 1. The lowest BCUT2D eigenvalue weighted by Crippen LogP contribution is -2.21. The van der Waals surface area contributed by atoms with Crippen LogP contribution < -0.4 is 10.6 Å². The van der Waals surface area contributed by atoms with Gasteiger partial charge in [0.2, 0.25) is 0 Å². The predicted octanol–water partition coefficient (Wildman–Crippen LogP) is 5.83. The molecule has 0 bridgehead atoms. The first-order valence-corrected chi connectivity index (χ1v) is 10.9. The summed E-state index contributed by atoms with van der Waals surface area (Å²) in [6.07, 6.45) is -0.0649. The van der Waals surface area contributed by atoms with Crippen LogP contribution in [0.5, 0.6) is 0 Å². The van der Waals surface area contributed by atoms with Crippen LogP contribution in [0.25, 0.3) is 16.3 Å². The second-order valence-electron chi connectivity index (χ2n) is 7.06. The van der Waals surface area contributed by atoms with Crippen molar-refractivity contribution in [3.63, 3.8) is 0 Å². The molecule has 0 aliphatic heterocycles. The molecule has 9 heteroatoms. The largest absolute Gasteiger partial charge is 0.481 e. The Hall–Kier alpha value is -3.62. The van der Waals surface area contributed by atoms with Gasteiger partial charge in [-0.25, -0.2) is 9.48 Å². The van der Waals surface area contributed by atoms with Crippen LogP contribution in [0.4, 0.5) is 16.3 Å². The number of rotatable bonds is 6. The zero-order valence-corrected chi connectivity index (χ0v) is 18.6. The molecule has 2 aromatic heterocycles. The summed E-state index contributed by atoms with van der Waals surface area (Å²) in [5.41, 5.74) is 3.43. The first kappa shape index (κ1) is 21.6. The van der Waals surface area contributed by atoms with Gasteiger partial charge in [-0.05, 0) is 47.7 Å². The monoisotopic (exact) mass is 466 g/mol. The van der Waals surface area contributed by atoms with E-state index in [4.69, 9.17) is 16.7 Å². The Morgan fingerprint density at radius 1 is 1.09 bits per heavy atom. The Morgan fingerprint density at radius 3 is 2.56 bits per heavy atom. The van der Waals surface area contributed by atoms with Crippen molar-refractivity contribution in [1.82, 2.24) is 9.78 Å². The number of aromatic nitrogens is 2. The second-order valence-corrected chi connectivity index (χ2v) is 8.38. The van der Waals surface area contributed by atoms with Crippen LogP contribution >= 0.6 is 22.9 Å². The van der Waals surface area contributed by atoms with Gasteiger partial charge in [0, 0.05) is 6.07 Å². The summed E-state index contributed by atoms with van der Waals surface area (Å²) < 4.78 is 1.61. The van der Waals surface area contributed by atoms with Crippen molar-refractivity contribution < 1.29 is 14.7 Å².